The van der Waals surface area contributed by atoms with Gasteiger partial charge in [0.05, 0.1) is 10.8 Å². The van der Waals surface area contributed by atoms with E-state index in [1.165, 1.54) is 12.0 Å². The zero-order valence-corrected chi connectivity index (χ0v) is 12.3. The van der Waals surface area contributed by atoms with Crippen molar-refractivity contribution in [2.24, 2.45) is 11.3 Å². The van der Waals surface area contributed by atoms with Crippen LogP contribution in [0.1, 0.15) is 33.6 Å². The van der Waals surface area contributed by atoms with Crippen LogP contribution in [0.15, 0.2) is 46.9 Å². The largest absolute Gasteiger partial charge is 0.254 e. The number of rotatable bonds is 3. The van der Waals surface area contributed by atoms with E-state index in [-0.39, 0.29) is 5.41 Å². The molecule has 1 aliphatic carbocycles. The minimum Gasteiger partial charge on any atom is -0.254 e. The standard InChI is InChI=1S/C16H22OS/c1-13-8-7-11-16(2,3)15(13)12-18(17)14-9-5-4-6-10-14/h4-6,8-10,15H,7,11-12H2,1-3H3. The second kappa shape index (κ2) is 5.40. The van der Waals surface area contributed by atoms with Crippen LogP contribution in [-0.2, 0) is 10.8 Å². The smallest absolute Gasteiger partial charge is 0.0535 e. The molecule has 0 fully saturated rings. The molecule has 1 aliphatic rings. The molecule has 0 heterocycles. The van der Waals surface area contributed by atoms with Crippen molar-refractivity contribution in [3.05, 3.63) is 42.0 Å². The first-order valence-electron chi connectivity index (χ1n) is 6.61. The molecule has 0 aliphatic heterocycles. The van der Waals surface area contributed by atoms with Gasteiger partial charge in [0.25, 0.3) is 0 Å². The van der Waals surface area contributed by atoms with E-state index < -0.39 is 10.8 Å². The van der Waals surface area contributed by atoms with Crippen LogP contribution in [0.4, 0.5) is 0 Å². The number of benzene rings is 1. The predicted molar refractivity (Wildman–Crippen MR) is 78.0 cm³/mol. The van der Waals surface area contributed by atoms with E-state index in [2.05, 4.69) is 26.8 Å². The first-order chi connectivity index (χ1) is 8.50. The summed E-state index contributed by atoms with van der Waals surface area (Å²) in [5.74, 6) is 1.19. The van der Waals surface area contributed by atoms with Crippen molar-refractivity contribution in [1.82, 2.24) is 0 Å². The Labute approximate surface area is 113 Å². The summed E-state index contributed by atoms with van der Waals surface area (Å²) in [6, 6.07) is 9.82. The molecule has 18 heavy (non-hydrogen) atoms. The molecule has 0 aromatic heterocycles. The third-order valence-corrected chi connectivity index (χ3v) is 5.51. The summed E-state index contributed by atoms with van der Waals surface area (Å²) in [6.07, 6.45) is 4.67. The van der Waals surface area contributed by atoms with Crippen LogP contribution in [0.3, 0.4) is 0 Å². The Morgan fingerprint density at radius 3 is 2.56 bits per heavy atom. The van der Waals surface area contributed by atoms with Crippen LogP contribution in [0.2, 0.25) is 0 Å². The summed E-state index contributed by atoms with van der Waals surface area (Å²) in [4.78, 5) is 0.951. The molecule has 1 nitrogen and oxygen atoms in total. The molecule has 1 aromatic carbocycles. The molecular formula is C16H22OS. The minimum absolute atomic E-state index is 0.267. The Hall–Kier alpha value is -0.890. The van der Waals surface area contributed by atoms with E-state index in [0.29, 0.717) is 5.92 Å². The van der Waals surface area contributed by atoms with Crippen LogP contribution < -0.4 is 0 Å². The summed E-state index contributed by atoms with van der Waals surface area (Å²) < 4.78 is 12.4. The van der Waals surface area contributed by atoms with Gasteiger partial charge in [0.1, 0.15) is 0 Å². The molecular weight excluding hydrogens is 240 g/mol. The second-order valence-corrected chi connectivity index (χ2v) is 7.35. The van der Waals surface area contributed by atoms with Gasteiger partial charge in [0.2, 0.25) is 0 Å². The lowest BCUT2D eigenvalue weighted by molar-refractivity contribution is 0.234. The van der Waals surface area contributed by atoms with Gasteiger partial charge in [-0.2, -0.15) is 0 Å². The highest BCUT2D eigenvalue weighted by atomic mass is 32.2. The highest BCUT2D eigenvalue weighted by molar-refractivity contribution is 7.85. The topological polar surface area (TPSA) is 17.1 Å². The minimum atomic E-state index is -0.889. The van der Waals surface area contributed by atoms with E-state index in [4.69, 9.17) is 0 Å². The predicted octanol–water partition coefficient (Wildman–Crippen LogP) is 4.18. The van der Waals surface area contributed by atoms with E-state index in [9.17, 15) is 4.21 Å². The van der Waals surface area contributed by atoms with Crippen molar-refractivity contribution in [3.8, 4) is 0 Å². The lowest BCUT2D eigenvalue weighted by atomic mass is 9.70. The monoisotopic (exact) mass is 262 g/mol. The maximum Gasteiger partial charge on any atom is 0.0535 e. The van der Waals surface area contributed by atoms with Gasteiger partial charge in [-0.3, -0.25) is 4.21 Å². The Morgan fingerprint density at radius 1 is 1.28 bits per heavy atom. The van der Waals surface area contributed by atoms with Gasteiger partial charge in [-0.1, -0.05) is 43.7 Å². The van der Waals surface area contributed by atoms with Gasteiger partial charge in [0.15, 0.2) is 0 Å². The van der Waals surface area contributed by atoms with Crippen molar-refractivity contribution in [1.29, 1.82) is 0 Å². The fourth-order valence-electron chi connectivity index (χ4n) is 2.78. The van der Waals surface area contributed by atoms with Gasteiger partial charge in [-0.05, 0) is 43.2 Å². The Bertz CT molecular complexity index is 459. The summed E-state index contributed by atoms with van der Waals surface area (Å²) in [5, 5.41) is 0. The Kier molecular flexibility index (Phi) is 4.06. The van der Waals surface area contributed by atoms with Gasteiger partial charge in [-0.15, -0.1) is 0 Å². The SMILES string of the molecule is CC1=CCCC(C)(C)C1CS(=O)c1ccccc1. The summed E-state index contributed by atoms with van der Waals surface area (Å²) in [5.41, 5.74) is 1.68. The van der Waals surface area contributed by atoms with Crippen molar-refractivity contribution in [2.75, 3.05) is 5.75 Å². The Balaban J connectivity index is 2.16. The summed E-state index contributed by atoms with van der Waals surface area (Å²) in [6.45, 7) is 6.79. The molecule has 0 radical (unpaired) electrons. The normalized spacial score (nSPS) is 24.4. The fourth-order valence-corrected chi connectivity index (χ4v) is 4.45. The van der Waals surface area contributed by atoms with Crippen molar-refractivity contribution < 1.29 is 4.21 Å². The molecule has 0 saturated carbocycles. The van der Waals surface area contributed by atoms with Crippen LogP contribution in [0, 0.1) is 11.3 Å². The number of allylic oxidation sites excluding steroid dienone is 2. The van der Waals surface area contributed by atoms with Crippen LogP contribution in [0.25, 0.3) is 0 Å². The fraction of sp³-hybridized carbons (Fsp3) is 0.500. The average Bonchev–Trinajstić information content (AvgIpc) is 2.34. The van der Waals surface area contributed by atoms with Gasteiger partial charge in [0, 0.05) is 10.6 Å². The molecule has 2 unspecified atom stereocenters. The first kappa shape index (κ1) is 13.5. The van der Waals surface area contributed by atoms with Gasteiger partial charge >= 0.3 is 0 Å². The molecule has 2 atom stereocenters. The maximum absolute atomic E-state index is 12.4. The average molecular weight is 262 g/mol. The molecule has 0 amide bonds. The van der Waals surface area contributed by atoms with Gasteiger partial charge < -0.3 is 0 Å². The highest BCUT2D eigenvalue weighted by Crippen LogP contribution is 2.41. The zero-order valence-electron chi connectivity index (χ0n) is 11.5. The quantitative estimate of drug-likeness (QED) is 0.747. The molecule has 98 valence electrons. The third-order valence-electron chi connectivity index (χ3n) is 4.07. The molecule has 2 heteroatoms. The molecule has 0 N–H and O–H groups in total. The summed E-state index contributed by atoms with van der Waals surface area (Å²) in [7, 11) is -0.889. The van der Waals surface area contributed by atoms with Crippen LogP contribution in [-0.4, -0.2) is 9.96 Å². The van der Waals surface area contributed by atoms with Crippen molar-refractivity contribution >= 4 is 10.8 Å². The van der Waals surface area contributed by atoms with Crippen LogP contribution >= 0.6 is 0 Å². The van der Waals surface area contributed by atoms with E-state index >= 15 is 0 Å². The first-order valence-corrected chi connectivity index (χ1v) is 7.93. The number of hydrogen-bond acceptors (Lipinski definition) is 1. The zero-order chi connectivity index (χ0) is 13.2. The molecule has 0 spiro atoms. The summed E-state index contributed by atoms with van der Waals surface area (Å²) >= 11 is 0. The van der Waals surface area contributed by atoms with E-state index in [0.717, 1.165) is 17.1 Å². The van der Waals surface area contributed by atoms with Gasteiger partial charge in [-0.25, -0.2) is 0 Å². The molecule has 2 rings (SSSR count). The lowest BCUT2D eigenvalue weighted by Crippen LogP contribution is -2.32. The van der Waals surface area contributed by atoms with Crippen molar-refractivity contribution in [2.45, 2.75) is 38.5 Å². The molecule has 0 bridgehead atoms. The lowest BCUT2D eigenvalue weighted by Gasteiger charge is -2.38. The Morgan fingerprint density at radius 2 is 1.94 bits per heavy atom. The van der Waals surface area contributed by atoms with Crippen molar-refractivity contribution in [3.63, 3.8) is 0 Å². The van der Waals surface area contributed by atoms with E-state index in [1.807, 2.05) is 30.3 Å². The maximum atomic E-state index is 12.4. The highest BCUT2D eigenvalue weighted by Gasteiger charge is 2.33. The van der Waals surface area contributed by atoms with E-state index in [1.54, 1.807) is 0 Å². The number of hydrogen-bond donors (Lipinski definition) is 0. The second-order valence-electron chi connectivity index (χ2n) is 5.85. The van der Waals surface area contributed by atoms with Crippen LogP contribution in [0.5, 0.6) is 0 Å². The molecule has 1 aromatic rings. The third kappa shape index (κ3) is 2.92. The molecule has 0 saturated heterocycles.